The zero-order valence-electron chi connectivity index (χ0n) is 11.3. The summed E-state index contributed by atoms with van der Waals surface area (Å²) >= 11 is 0. The van der Waals surface area contributed by atoms with Crippen molar-refractivity contribution in [2.75, 3.05) is 0 Å². The van der Waals surface area contributed by atoms with Crippen LogP contribution in [0, 0.1) is 6.92 Å². The molecule has 7 nitrogen and oxygen atoms in total. The predicted molar refractivity (Wildman–Crippen MR) is 74.0 cm³/mol. The minimum absolute atomic E-state index is 0.0822. The molecule has 2 rings (SSSR count). The first-order valence-corrected chi connectivity index (χ1v) is 6.28. The number of benzene rings is 1. The highest BCUT2D eigenvalue weighted by Crippen LogP contribution is 2.17. The van der Waals surface area contributed by atoms with Gasteiger partial charge in [-0.25, -0.2) is 9.78 Å². The quantitative estimate of drug-likeness (QED) is 0.651. The Morgan fingerprint density at radius 2 is 2.19 bits per heavy atom. The standard InChI is InChI=1S/C14H15N3O4/c1-8-4-9(2-3-12(8)18)13(19)17-11(14(20)21)5-10-6-15-7-16-10/h2-4,6-7,11,18H,5H2,1H3,(H,15,16)(H,17,19)(H,20,21)/t11-/m1/s1. The zero-order chi connectivity index (χ0) is 15.4. The third-order valence-electron chi connectivity index (χ3n) is 3.04. The van der Waals surface area contributed by atoms with Gasteiger partial charge in [0, 0.05) is 23.9 Å². The van der Waals surface area contributed by atoms with Crippen LogP contribution in [-0.2, 0) is 11.2 Å². The Morgan fingerprint density at radius 1 is 1.43 bits per heavy atom. The van der Waals surface area contributed by atoms with E-state index in [4.69, 9.17) is 0 Å². The van der Waals surface area contributed by atoms with E-state index in [-0.39, 0.29) is 12.2 Å². The van der Waals surface area contributed by atoms with Gasteiger partial charge in [0.25, 0.3) is 5.91 Å². The lowest BCUT2D eigenvalue weighted by Crippen LogP contribution is -2.42. The Kier molecular flexibility index (Phi) is 4.22. The van der Waals surface area contributed by atoms with Gasteiger partial charge in [0.15, 0.2) is 0 Å². The molecule has 4 N–H and O–H groups in total. The molecular weight excluding hydrogens is 274 g/mol. The molecule has 110 valence electrons. The number of H-pyrrole nitrogens is 1. The van der Waals surface area contributed by atoms with Crippen LogP contribution in [0.1, 0.15) is 21.6 Å². The number of imidazole rings is 1. The molecule has 1 heterocycles. The Balaban J connectivity index is 2.10. The molecule has 2 aromatic rings. The second kappa shape index (κ2) is 6.08. The molecule has 0 bridgehead atoms. The summed E-state index contributed by atoms with van der Waals surface area (Å²) in [6.07, 6.45) is 3.06. The van der Waals surface area contributed by atoms with Crippen molar-refractivity contribution >= 4 is 11.9 Å². The number of nitrogens with zero attached hydrogens (tertiary/aromatic N) is 1. The number of rotatable bonds is 5. The van der Waals surface area contributed by atoms with E-state index >= 15 is 0 Å². The lowest BCUT2D eigenvalue weighted by Gasteiger charge is -2.14. The van der Waals surface area contributed by atoms with Crippen LogP contribution in [0.2, 0.25) is 0 Å². The summed E-state index contributed by atoms with van der Waals surface area (Å²) in [5.41, 5.74) is 1.45. The van der Waals surface area contributed by atoms with Crippen molar-refractivity contribution in [3.63, 3.8) is 0 Å². The number of carbonyl (C=O) groups is 2. The molecule has 1 atom stereocenters. The maximum absolute atomic E-state index is 12.1. The molecule has 0 saturated heterocycles. The van der Waals surface area contributed by atoms with E-state index < -0.39 is 17.9 Å². The van der Waals surface area contributed by atoms with E-state index in [2.05, 4.69) is 15.3 Å². The second-order valence-corrected chi connectivity index (χ2v) is 4.65. The Bertz CT molecular complexity index is 652. The van der Waals surface area contributed by atoms with E-state index in [1.54, 1.807) is 6.92 Å². The van der Waals surface area contributed by atoms with E-state index in [1.165, 1.54) is 30.7 Å². The minimum Gasteiger partial charge on any atom is -0.508 e. The van der Waals surface area contributed by atoms with Crippen molar-refractivity contribution in [3.8, 4) is 5.75 Å². The smallest absolute Gasteiger partial charge is 0.326 e. The van der Waals surface area contributed by atoms with Crippen LogP contribution in [0.5, 0.6) is 5.75 Å². The number of aromatic amines is 1. The van der Waals surface area contributed by atoms with E-state index in [0.717, 1.165) is 0 Å². The number of carboxylic acid groups (broad SMARTS) is 1. The largest absolute Gasteiger partial charge is 0.508 e. The molecule has 1 amide bonds. The lowest BCUT2D eigenvalue weighted by molar-refractivity contribution is -0.139. The Morgan fingerprint density at radius 3 is 2.76 bits per heavy atom. The normalized spacial score (nSPS) is 11.9. The molecule has 0 unspecified atom stereocenters. The number of aryl methyl sites for hydroxylation is 1. The Labute approximate surface area is 120 Å². The first-order chi connectivity index (χ1) is 9.97. The number of hydrogen-bond donors (Lipinski definition) is 4. The number of hydrogen-bond acceptors (Lipinski definition) is 4. The first kappa shape index (κ1) is 14.6. The number of carbonyl (C=O) groups excluding carboxylic acids is 1. The molecule has 1 aromatic heterocycles. The van der Waals surface area contributed by atoms with Crippen LogP contribution >= 0.6 is 0 Å². The maximum Gasteiger partial charge on any atom is 0.326 e. The first-order valence-electron chi connectivity index (χ1n) is 6.28. The molecule has 0 aliphatic carbocycles. The van der Waals surface area contributed by atoms with Gasteiger partial charge in [-0.1, -0.05) is 0 Å². The Hall–Kier alpha value is -2.83. The predicted octanol–water partition coefficient (Wildman–Crippen LogP) is 0.849. The third kappa shape index (κ3) is 3.59. The van der Waals surface area contributed by atoms with Crippen molar-refractivity contribution in [2.24, 2.45) is 0 Å². The number of phenols is 1. The summed E-state index contributed by atoms with van der Waals surface area (Å²) in [5, 5.41) is 21.1. The van der Waals surface area contributed by atoms with Gasteiger partial charge < -0.3 is 20.5 Å². The van der Waals surface area contributed by atoms with E-state index in [9.17, 15) is 19.8 Å². The van der Waals surface area contributed by atoms with Gasteiger partial charge in [0.2, 0.25) is 0 Å². The van der Waals surface area contributed by atoms with Crippen LogP contribution in [0.4, 0.5) is 0 Å². The van der Waals surface area contributed by atoms with Gasteiger partial charge in [-0.3, -0.25) is 4.79 Å². The molecule has 0 saturated carbocycles. The van der Waals surface area contributed by atoms with E-state index in [0.29, 0.717) is 16.8 Å². The second-order valence-electron chi connectivity index (χ2n) is 4.65. The molecule has 0 fully saturated rings. The summed E-state index contributed by atoms with van der Waals surface area (Å²) in [4.78, 5) is 29.9. The average Bonchev–Trinajstić information content (AvgIpc) is 2.93. The number of amides is 1. The minimum atomic E-state index is -1.13. The summed E-state index contributed by atoms with van der Waals surface area (Å²) < 4.78 is 0. The van der Waals surface area contributed by atoms with Crippen LogP contribution in [0.25, 0.3) is 0 Å². The summed E-state index contributed by atoms with van der Waals surface area (Å²) in [6, 6.07) is 3.27. The fourth-order valence-electron chi connectivity index (χ4n) is 1.85. The number of carboxylic acids is 1. The zero-order valence-corrected chi connectivity index (χ0v) is 11.3. The van der Waals surface area contributed by atoms with Crippen molar-refractivity contribution < 1.29 is 19.8 Å². The number of aromatic nitrogens is 2. The molecule has 0 radical (unpaired) electrons. The SMILES string of the molecule is Cc1cc(C(=O)N[C@H](Cc2cnc[nH]2)C(=O)O)ccc1O. The highest BCUT2D eigenvalue weighted by molar-refractivity contribution is 5.96. The monoisotopic (exact) mass is 289 g/mol. The van der Waals surface area contributed by atoms with Gasteiger partial charge in [-0.05, 0) is 30.7 Å². The van der Waals surface area contributed by atoms with Crippen molar-refractivity contribution in [3.05, 3.63) is 47.5 Å². The maximum atomic E-state index is 12.1. The summed E-state index contributed by atoms with van der Waals surface area (Å²) in [5.74, 6) is -1.56. The van der Waals surface area contributed by atoms with Crippen LogP contribution in [0.3, 0.4) is 0 Å². The van der Waals surface area contributed by atoms with Crippen molar-refractivity contribution in [2.45, 2.75) is 19.4 Å². The third-order valence-corrected chi connectivity index (χ3v) is 3.04. The number of nitrogens with one attached hydrogen (secondary N) is 2. The van der Waals surface area contributed by atoms with Gasteiger partial charge in [0.05, 0.1) is 6.33 Å². The van der Waals surface area contributed by atoms with Crippen molar-refractivity contribution in [1.29, 1.82) is 0 Å². The molecule has 7 heteroatoms. The summed E-state index contributed by atoms with van der Waals surface area (Å²) in [7, 11) is 0. The van der Waals surface area contributed by atoms with Crippen LogP contribution < -0.4 is 5.32 Å². The fourth-order valence-corrected chi connectivity index (χ4v) is 1.85. The van der Waals surface area contributed by atoms with Gasteiger partial charge in [-0.2, -0.15) is 0 Å². The van der Waals surface area contributed by atoms with Gasteiger partial charge >= 0.3 is 5.97 Å². The average molecular weight is 289 g/mol. The number of aromatic hydroxyl groups is 1. The molecule has 1 aromatic carbocycles. The summed E-state index contributed by atoms with van der Waals surface area (Å²) in [6.45, 7) is 1.66. The van der Waals surface area contributed by atoms with Crippen molar-refractivity contribution in [1.82, 2.24) is 15.3 Å². The van der Waals surface area contributed by atoms with Crippen LogP contribution in [0.15, 0.2) is 30.7 Å². The topological polar surface area (TPSA) is 115 Å². The highest BCUT2D eigenvalue weighted by atomic mass is 16.4. The molecule has 21 heavy (non-hydrogen) atoms. The lowest BCUT2D eigenvalue weighted by atomic mass is 10.1. The fraction of sp³-hybridized carbons (Fsp3) is 0.214. The highest BCUT2D eigenvalue weighted by Gasteiger charge is 2.21. The van der Waals surface area contributed by atoms with Gasteiger partial charge in [0.1, 0.15) is 11.8 Å². The number of aliphatic carboxylic acids is 1. The van der Waals surface area contributed by atoms with Crippen LogP contribution in [-0.4, -0.2) is 38.1 Å². The number of phenolic OH excluding ortho intramolecular Hbond substituents is 1. The molecule has 0 spiro atoms. The van der Waals surface area contributed by atoms with Gasteiger partial charge in [-0.15, -0.1) is 0 Å². The van der Waals surface area contributed by atoms with E-state index in [1.807, 2.05) is 0 Å². The molecule has 0 aliphatic heterocycles. The molecule has 0 aliphatic rings. The molecular formula is C14H15N3O4.